The largest absolute Gasteiger partial charge is 0.361 e. The van der Waals surface area contributed by atoms with Gasteiger partial charge in [-0.1, -0.05) is 60.7 Å². The van der Waals surface area contributed by atoms with Crippen LogP contribution in [0.3, 0.4) is 0 Å². The van der Waals surface area contributed by atoms with Gasteiger partial charge in [0.2, 0.25) is 0 Å². The Bertz CT molecular complexity index is 798. The van der Waals surface area contributed by atoms with Crippen molar-refractivity contribution < 1.29 is 4.39 Å². The monoisotopic (exact) mass is 289 g/mol. The summed E-state index contributed by atoms with van der Waals surface area (Å²) in [6.45, 7) is 0. The fourth-order valence-corrected chi connectivity index (χ4v) is 2.29. The Labute approximate surface area is 129 Å². The predicted molar refractivity (Wildman–Crippen MR) is 90.1 cm³/mol. The molecular weight excluding hydrogens is 273 g/mol. The lowest BCUT2D eigenvalue weighted by molar-refractivity contribution is 0.630. The number of fused-ring (bicyclic) bond motifs is 1. The van der Waals surface area contributed by atoms with Crippen LogP contribution in [0.4, 0.5) is 4.39 Å². The van der Waals surface area contributed by atoms with Crippen LogP contribution in [0.15, 0.2) is 91.1 Å². The minimum Gasteiger partial charge on any atom is -0.361 e. The molecule has 0 amide bonds. The topological polar surface area (TPSA) is 15.8 Å². The van der Waals surface area contributed by atoms with Gasteiger partial charge in [-0.05, 0) is 35.4 Å². The van der Waals surface area contributed by atoms with Crippen LogP contribution >= 0.6 is 0 Å². The van der Waals surface area contributed by atoms with Crippen LogP contribution in [0.2, 0.25) is 0 Å². The zero-order valence-electron chi connectivity index (χ0n) is 12.0. The van der Waals surface area contributed by atoms with Crippen molar-refractivity contribution in [1.82, 2.24) is 4.98 Å². The van der Waals surface area contributed by atoms with Gasteiger partial charge < -0.3 is 4.98 Å². The fourth-order valence-electron chi connectivity index (χ4n) is 2.29. The minimum absolute atomic E-state index is 0.188. The molecule has 0 atom stereocenters. The summed E-state index contributed by atoms with van der Waals surface area (Å²) in [5.41, 5.74) is 3.53. The normalized spacial score (nSPS) is 10.0. The summed E-state index contributed by atoms with van der Waals surface area (Å²) in [6.07, 6.45) is 1.80. The van der Waals surface area contributed by atoms with E-state index < -0.39 is 0 Å². The van der Waals surface area contributed by atoms with Crippen molar-refractivity contribution in [1.29, 1.82) is 0 Å². The molecule has 0 aliphatic rings. The fraction of sp³-hybridized carbons (Fsp3) is 0. The van der Waals surface area contributed by atoms with Gasteiger partial charge in [-0.2, -0.15) is 0 Å². The number of nitrogens with one attached hydrogen (secondary N) is 1. The van der Waals surface area contributed by atoms with Crippen LogP contribution < -0.4 is 0 Å². The van der Waals surface area contributed by atoms with Crippen LogP contribution in [-0.2, 0) is 0 Å². The molecule has 1 N–H and O–H groups in total. The van der Waals surface area contributed by atoms with Gasteiger partial charge >= 0.3 is 0 Å². The summed E-state index contributed by atoms with van der Waals surface area (Å²) in [5, 5.41) is 0.917. The summed E-state index contributed by atoms with van der Waals surface area (Å²) >= 11 is 0. The number of aromatic amines is 1. The molecule has 0 radical (unpaired) electrons. The number of benzene rings is 3. The van der Waals surface area contributed by atoms with E-state index >= 15 is 0 Å². The Morgan fingerprint density at radius 3 is 1.82 bits per heavy atom. The summed E-state index contributed by atoms with van der Waals surface area (Å²) < 4.78 is 12.5. The molecule has 0 saturated carbocycles. The van der Waals surface area contributed by atoms with Crippen LogP contribution in [0, 0.1) is 5.82 Å². The van der Waals surface area contributed by atoms with E-state index in [0.29, 0.717) is 0 Å². The highest BCUT2D eigenvalue weighted by atomic mass is 19.1. The smallest absolute Gasteiger partial charge is 0.123 e. The van der Waals surface area contributed by atoms with Crippen molar-refractivity contribution in [2.75, 3.05) is 0 Å². The van der Waals surface area contributed by atoms with Gasteiger partial charge in [0.25, 0.3) is 0 Å². The van der Waals surface area contributed by atoms with Crippen molar-refractivity contribution in [3.63, 3.8) is 0 Å². The highest BCUT2D eigenvalue weighted by Gasteiger charge is 1.93. The minimum atomic E-state index is -0.188. The predicted octanol–water partition coefficient (Wildman–Crippen LogP) is 5.66. The molecule has 2 heteroatoms. The third-order valence-corrected chi connectivity index (χ3v) is 3.40. The molecule has 22 heavy (non-hydrogen) atoms. The number of rotatable bonds is 1. The number of aromatic nitrogens is 1. The number of H-pyrrole nitrogens is 1. The van der Waals surface area contributed by atoms with E-state index in [2.05, 4.69) is 53.5 Å². The standard InChI is InChI=1S/C12H10.C8H6FN/c1-3-7-11(8-4-1)12-9-5-2-6-10-12;9-7-1-2-8-6(5-7)3-4-10-8/h1-10H;1-5,10H. The van der Waals surface area contributed by atoms with Gasteiger partial charge in [-0.15, -0.1) is 0 Å². The summed E-state index contributed by atoms with van der Waals surface area (Å²) in [7, 11) is 0. The first-order valence-electron chi connectivity index (χ1n) is 7.16. The average Bonchev–Trinajstić information content (AvgIpc) is 3.05. The van der Waals surface area contributed by atoms with Gasteiger partial charge in [0, 0.05) is 17.1 Å². The van der Waals surface area contributed by atoms with Gasteiger partial charge in [0.05, 0.1) is 0 Å². The number of hydrogen-bond donors (Lipinski definition) is 1. The third-order valence-electron chi connectivity index (χ3n) is 3.40. The maximum Gasteiger partial charge on any atom is 0.123 e. The van der Waals surface area contributed by atoms with Crippen molar-refractivity contribution in [3.05, 3.63) is 96.9 Å². The van der Waals surface area contributed by atoms with Crippen LogP contribution in [0.5, 0.6) is 0 Å². The molecule has 1 nitrogen and oxygen atoms in total. The molecule has 0 fully saturated rings. The average molecular weight is 289 g/mol. The Hall–Kier alpha value is -2.87. The Morgan fingerprint density at radius 2 is 1.23 bits per heavy atom. The highest BCUT2D eigenvalue weighted by molar-refractivity contribution is 5.79. The molecule has 0 unspecified atom stereocenters. The summed E-state index contributed by atoms with van der Waals surface area (Å²) in [5.74, 6) is -0.188. The highest BCUT2D eigenvalue weighted by Crippen LogP contribution is 2.17. The Kier molecular flexibility index (Phi) is 4.30. The maximum absolute atomic E-state index is 12.5. The lowest BCUT2D eigenvalue weighted by Gasteiger charge is -1.98. The first-order valence-corrected chi connectivity index (χ1v) is 7.16. The SMILES string of the molecule is Fc1ccc2[nH]ccc2c1.c1ccc(-c2ccccc2)cc1. The van der Waals surface area contributed by atoms with Crippen molar-refractivity contribution >= 4 is 10.9 Å². The van der Waals surface area contributed by atoms with E-state index in [9.17, 15) is 4.39 Å². The van der Waals surface area contributed by atoms with E-state index in [1.54, 1.807) is 12.3 Å². The van der Waals surface area contributed by atoms with E-state index in [4.69, 9.17) is 0 Å². The van der Waals surface area contributed by atoms with Crippen LogP contribution in [0.25, 0.3) is 22.0 Å². The third kappa shape index (κ3) is 3.41. The van der Waals surface area contributed by atoms with Crippen molar-refractivity contribution in [3.8, 4) is 11.1 Å². The molecule has 0 bridgehead atoms. The molecule has 0 aliphatic carbocycles. The first kappa shape index (κ1) is 14.1. The molecular formula is C20H16FN. The van der Waals surface area contributed by atoms with Gasteiger partial charge in [-0.3, -0.25) is 0 Å². The molecule has 3 aromatic carbocycles. The molecule has 0 saturated heterocycles. The maximum atomic E-state index is 12.5. The van der Waals surface area contributed by atoms with Crippen molar-refractivity contribution in [2.24, 2.45) is 0 Å². The molecule has 4 aromatic rings. The van der Waals surface area contributed by atoms with E-state index in [1.807, 2.05) is 18.2 Å². The lowest BCUT2D eigenvalue weighted by atomic mass is 10.1. The number of hydrogen-bond acceptors (Lipinski definition) is 0. The van der Waals surface area contributed by atoms with Gasteiger partial charge in [0.15, 0.2) is 0 Å². The van der Waals surface area contributed by atoms with E-state index in [-0.39, 0.29) is 5.82 Å². The molecule has 108 valence electrons. The quantitative estimate of drug-likeness (QED) is 0.465. The van der Waals surface area contributed by atoms with Crippen LogP contribution in [0.1, 0.15) is 0 Å². The van der Waals surface area contributed by atoms with Crippen LogP contribution in [-0.4, -0.2) is 4.98 Å². The summed E-state index contributed by atoms with van der Waals surface area (Å²) in [4.78, 5) is 2.98. The molecule has 0 aliphatic heterocycles. The van der Waals surface area contributed by atoms with E-state index in [1.165, 1.54) is 23.3 Å². The molecule has 1 heterocycles. The Balaban J connectivity index is 0.000000133. The lowest BCUT2D eigenvalue weighted by Crippen LogP contribution is -1.73. The zero-order chi connectivity index (χ0) is 15.2. The zero-order valence-corrected chi connectivity index (χ0v) is 12.0. The summed E-state index contributed by atoms with van der Waals surface area (Å²) in [6, 6.07) is 27.3. The second-order valence-corrected chi connectivity index (χ2v) is 4.94. The second kappa shape index (κ2) is 6.72. The van der Waals surface area contributed by atoms with Gasteiger partial charge in [0.1, 0.15) is 5.82 Å². The van der Waals surface area contributed by atoms with Gasteiger partial charge in [-0.25, -0.2) is 4.39 Å². The second-order valence-electron chi connectivity index (χ2n) is 4.94. The molecule has 4 rings (SSSR count). The first-order chi connectivity index (χ1) is 10.8. The number of halogens is 1. The molecule has 1 aromatic heterocycles. The Morgan fingerprint density at radius 1 is 0.636 bits per heavy atom. The van der Waals surface area contributed by atoms with E-state index in [0.717, 1.165) is 10.9 Å². The molecule has 0 spiro atoms. The van der Waals surface area contributed by atoms with Crippen molar-refractivity contribution in [2.45, 2.75) is 0 Å².